The van der Waals surface area contributed by atoms with Gasteiger partial charge in [0.2, 0.25) is 0 Å². The molecule has 18 heavy (non-hydrogen) atoms. The highest BCUT2D eigenvalue weighted by atomic mass is 32.2. The second-order valence-corrected chi connectivity index (χ2v) is 7.60. The number of nitrogens with one attached hydrogen (secondary N) is 1. The summed E-state index contributed by atoms with van der Waals surface area (Å²) in [6.07, 6.45) is 2.40. The summed E-state index contributed by atoms with van der Waals surface area (Å²) in [6, 6.07) is 9.53. The van der Waals surface area contributed by atoms with Crippen LogP contribution in [0.2, 0.25) is 0 Å². The van der Waals surface area contributed by atoms with Gasteiger partial charge in [-0.1, -0.05) is 58.4 Å². The molecule has 0 aliphatic carbocycles. The van der Waals surface area contributed by atoms with Crippen molar-refractivity contribution in [1.82, 2.24) is 5.32 Å². The van der Waals surface area contributed by atoms with Gasteiger partial charge >= 0.3 is 0 Å². The maximum absolute atomic E-state index is 3.42. The molecule has 0 saturated carbocycles. The predicted octanol–water partition coefficient (Wildman–Crippen LogP) is 4.43. The summed E-state index contributed by atoms with van der Waals surface area (Å²) in [6.45, 7) is 9.04. The van der Waals surface area contributed by atoms with E-state index in [0.717, 1.165) is 5.75 Å². The number of thioether (sulfide) groups is 1. The number of rotatable bonds is 6. The summed E-state index contributed by atoms with van der Waals surface area (Å²) in [5.41, 5.74) is 2.84. The van der Waals surface area contributed by atoms with E-state index in [1.807, 2.05) is 18.8 Å². The summed E-state index contributed by atoms with van der Waals surface area (Å²) in [4.78, 5) is 0. The van der Waals surface area contributed by atoms with Gasteiger partial charge in [-0.2, -0.15) is 11.8 Å². The van der Waals surface area contributed by atoms with Crippen molar-refractivity contribution in [1.29, 1.82) is 0 Å². The summed E-state index contributed by atoms with van der Waals surface area (Å²) in [5.74, 6) is 1.12. The second kappa shape index (κ2) is 7.20. The Bertz CT molecular complexity index is 337. The molecule has 1 aromatic carbocycles. The molecule has 0 aliphatic rings. The van der Waals surface area contributed by atoms with Crippen LogP contribution in [0.25, 0.3) is 0 Å². The molecule has 1 atom stereocenters. The lowest BCUT2D eigenvalue weighted by Crippen LogP contribution is -2.21. The molecule has 0 saturated heterocycles. The maximum Gasteiger partial charge on any atom is 0.0409 e. The Kier molecular flexibility index (Phi) is 6.24. The third-order valence-corrected chi connectivity index (χ3v) is 4.32. The molecule has 0 fully saturated rings. The number of benzene rings is 1. The lowest BCUT2D eigenvalue weighted by atomic mass is 10.0. The van der Waals surface area contributed by atoms with Crippen LogP contribution in [0.5, 0.6) is 0 Å². The maximum atomic E-state index is 3.42. The molecule has 0 heterocycles. The van der Waals surface area contributed by atoms with Crippen LogP contribution < -0.4 is 5.32 Å². The molecule has 2 heteroatoms. The van der Waals surface area contributed by atoms with Crippen molar-refractivity contribution in [3.05, 3.63) is 35.4 Å². The lowest BCUT2D eigenvalue weighted by Gasteiger charge is -2.23. The van der Waals surface area contributed by atoms with Gasteiger partial charge in [0.05, 0.1) is 0 Å². The molecular weight excluding hydrogens is 238 g/mol. The minimum absolute atomic E-state index is 0.331. The van der Waals surface area contributed by atoms with Gasteiger partial charge in [-0.15, -0.1) is 0 Å². The zero-order valence-corrected chi connectivity index (χ0v) is 13.2. The molecule has 1 nitrogen and oxygen atoms in total. The highest BCUT2D eigenvalue weighted by molar-refractivity contribution is 8.00. The molecule has 1 rings (SSSR count). The first-order valence-electron chi connectivity index (χ1n) is 6.86. The first kappa shape index (κ1) is 15.6. The number of hydrogen-bond acceptors (Lipinski definition) is 2. The number of hydrogen-bond donors (Lipinski definition) is 1. The van der Waals surface area contributed by atoms with E-state index >= 15 is 0 Å². The molecule has 0 aromatic heterocycles. The van der Waals surface area contributed by atoms with Crippen molar-refractivity contribution in [3.63, 3.8) is 0 Å². The van der Waals surface area contributed by atoms with Gasteiger partial charge in [0.15, 0.2) is 0 Å². The molecule has 0 aliphatic heterocycles. The topological polar surface area (TPSA) is 12.0 Å². The lowest BCUT2D eigenvalue weighted by molar-refractivity contribution is 0.656. The summed E-state index contributed by atoms with van der Waals surface area (Å²) in [7, 11) is 2.05. The Morgan fingerprint density at radius 1 is 1.17 bits per heavy atom. The first-order chi connectivity index (χ1) is 8.46. The minimum atomic E-state index is 0.331. The molecule has 1 aromatic rings. The van der Waals surface area contributed by atoms with E-state index in [9.17, 15) is 0 Å². The summed E-state index contributed by atoms with van der Waals surface area (Å²) < 4.78 is 0.331. The Labute approximate surface area is 117 Å². The molecule has 0 amide bonds. The summed E-state index contributed by atoms with van der Waals surface area (Å²) in [5, 5.41) is 3.42. The van der Waals surface area contributed by atoms with E-state index in [4.69, 9.17) is 0 Å². The zero-order chi connectivity index (χ0) is 13.6. The van der Waals surface area contributed by atoms with E-state index in [2.05, 4.69) is 57.3 Å². The normalized spacial score (nSPS) is 13.6. The smallest absolute Gasteiger partial charge is 0.0409 e. The zero-order valence-electron chi connectivity index (χ0n) is 12.4. The minimum Gasteiger partial charge on any atom is -0.312 e. The van der Waals surface area contributed by atoms with E-state index in [0.29, 0.717) is 10.8 Å². The van der Waals surface area contributed by atoms with Crippen molar-refractivity contribution in [3.8, 4) is 0 Å². The van der Waals surface area contributed by atoms with Crippen LogP contribution >= 0.6 is 11.8 Å². The molecule has 0 spiro atoms. The van der Waals surface area contributed by atoms with E-state index in [-0.39, 0.29) is 0 Å². The van der Waals surface area contributed by atoms with Crippen molar-refractivity contribution >= 4 is 11.8 Å². The average Bonchev–Trinajstić information content (AvgIpc) is 2.31. The Hall–Kier alpha value is -0.470. The SMILES string of the molecule is CCCc1ccc(C(CSC(C)(C)C)NC)cc1. The van der Waals surface area contributed by atoms with Gasteiger partial charge in [0.1, 0.15) is 0 Å². The van der Waals surface area contributed by atoms with Gasteiger partial charge in [-0.25, -0.2) is 0 Å². The highest BCUT2D eigenvalue weighted by Gasteiger charge is 2.15. The standard InChI is InChI=1S/C16H27NS/c1-6-7-13-8-10-14(11-9-13)15(17-5)12-18-16(2,3)4/h8-11,15,17H,6-7,12H2,1-5H3. The van der Waals surface area contributed by atoms with Crippen LogP contribution in [0.15, 0.2) is 24.3 Å². The van der Waals surface area contributed by atoms with Crippen LogP contribution in [0.4, 0.5) is 0 Å². The Morgan fingerprint density at radius 2 is 1.78 bits per heavy atom. The quantitative estimate of drug-likeness (QED) is 0.816. The van der Waals surface area contributed by atoms with E-state index in [1.54, 1.807) is 0 Å². The largest absolute Gasteiger partial charge is 0.312 e. The fourth-order valence-corrected chi connectivity index (χ4v) is 2.91. The predicted molar refractivity (Wildman–Crippen MR) is 84.4 cm³/mol. The monoisotopic (exact) mass is 265 g/mol. The highest BCUT2D eigenvalue weighted by Crippen LogP contribution is 2.28. The molecular formula is C16H27NS. The van der Waals surface area contributed by atoms with Crippen molar-refractivity contribution in [2.24, 2.45) is 0 Å². The third kappa shape index (κ3) is 5.45. The molecule has 102 valence electrons. The van der Waals surface area contributed by atoms with Gasteiger partial charge < -0.3 is 5.32 Å². The Balaban J connectivity index is 2.64. The molecule has 1 N–H and O–H groups in total. The molecule has 0 radical (unpaired) electrons. The Morgan fingerprint density at radius 3 is 2.22 bits per heavy atom. The number of aryl methyl sites for hydroxylation is 1. The van der Waals surface area contributed by atoms with Gasteiger partial charge in [0, 0.05) is 16.5 Å². The van der Waals surface area contributed by atoms with Crippen LogP contribution in [0.1, 0.15) is 51.3 Å². The third-order valence-electron chi connectivity index (χ3n) is 2.95. The van der Waals surface area contributed by atoms with Crippen molar-refractivity contribution < 1.29 is 0 Å². The van der Waals surface area contributed by atoms with E-state index in [1.165, 1.54) is 24.0 Å². The molecule has 1 unspecified atom stereocenters. The van der Waals surface area contributed by atoms with Crippen LogP contribution in [-0.2, 0) is 6.42 Å². The fourth-order valence-electron chi connectivity index (χ4n) is 1.88. The van der Waals surface area contributed by atoms with Crippen molar-refractivity contribution in [2.75, 3.05) is 12.8 Å². The summed E-state index contributed by atoms with van der Waals surface area (Å²) >= 11 is 2.01. The van der Waals surface area contributed by atoms with Crippen molar-refractivity contribution in [2.45, 2.75) is 51.3 Å². The van der Waals surface area contributed by atoms with E-state index < -0.39 is 0 Å². The van der Waals surface area contributed by atoms with Gasteiger partial charge in [-0.3, -0.25) is 0 Å². The fraction of sp³-hybridized carbons (Fsp3) is 0.625. The van der Waals surface area contributed by atoms with Crippen LogP contribution in [0.3, 0.4) is 0 Å². The molecule has 0 bridgehead atoms. The second-order valence-electron chi connectivity index (χ2n) is 5.76. The average molecular weight is 265 g/mol. The first-order valence-corrected chi connectivity index (χ1v) is 7.85. The van der Waals surface area contributed by atoms with Gasteiger partial charge in [0.25, 0.3) is 0 Å². The van der Waals surface area contributed by atoms with Gasteiger partial charge in [-0.05, 0) is 24.6 Å². The van der Waals surface area contributed by atoms with Crippen LogP contribution in [-0.4, -0.2) is 17.5 Å². The van der Waals surface area contributed by atoms with Crippen LogP contribution in [0, 0.1) is 0 Å².